The summed E-state index contributed by atoms with van der Waals surface area (Å²) >= 11 is 0. The van der Waals surface area contributed by atoms with Crippen LogP contribution in [0, 0.1) is 17.4 Å². The van der Waals surface area contributed by atoms with Crippen molar-refractivity contribution in [1.29, 1.82) is 5.26 Å². The summed E-state index contributed by atoms with van der Waals surface area (Å²) in [5.41, 5.74) is 0.874. The molecule has 0 spiro atoms. The van der Waals surface area contributed by atoms with E-state index in [1.165, 1.54) is 0 Å². The Balaban J connectivity index is 0.00000300. The van der Waals surface area contributed by atoms with Crippen molar-refractivity contribution in [3.63, 3.8) is 0 Å². The van der Waals surface area contributed by atoms with Crippen LogP contribution in [0.5, 0.6) is 5.75 Å². The predicted molar refractivity (Wildman–Crippen MR) is 101 cm³/mol. The fourth-order valence-electron chi connectivity index (χ4n) is 3.08. The van der Waals surface area contributed by atoms with Crippen LogP contribution in [-0.4, -0.2) is 36.0 Å². The molecule has 7 heteroatoms. The van der Waals surface area contributed by atoms with Gasteiger partial charge in [-0.05, 0) is 31.9 Å². The van der Waals surface area contributed by atoms with Gasteiger partial charge in [0.05, 0.1) is 11.6 Å². The zero-order valence-electron chi connectivity index (χ0n) is 16.2. The van der Waals surface area contributed by atoms with Gasteiger partial charge in [0.1, 0.15) is 0 Å². The molecule has 1 fully saturated rings. The van der Waals surface area contributed by atoms with E-state index in [2.05, 4.69) is 6.07 Å². The van der Waals surface area contributed by atoms with E-state index >= 15 is 0 Å². The summed E-state index contributed by atoms with van der Waals surface area (Å²) in [6.07, 6.45) is -0.0947. The maximum absolute atomic E-state index is 12.9. The van der Waals surface area contributed by atoms with Crippen molar-refractivity contribution in [2.24, 2.45) is 0 Å². The van der Waals surface area contributed by atoms with Crippen LogP contribution in [0.25, 0.3) is 0 Å². The van der Waals surface area contributed by atoms with Crippen LogP contribution in [-0.2, 0) is 47.0 Å². The van der Waals surface area contributed by atoms with Gasteiger partial charge in [-0.3, -0.25) is 4.79 Å². The van der Waals surface area contributed by atoms with Gasteiger partial charge in [-0.1, -0.05) is 12.1 Å². The standard InChI is InChI=1S/C22H21N2O4.Y/c1-16(21(25)24-12-5-6-13-24)27-22(26)20(28-19-10-3-2-4-11-19)18-9-7-8-17(14-18)15-23;/h2-4,7-10,14,16,20H,5-6,12-13H2,1H3;/q-1;/t16-,20+;/m0./s1. The first kappa shape index (κ1) is 23.1. The molecule has 1 saturated heterocycles. The average molecular weight is 466 g/mol. The molecular formula is C22H21N2O4Y-. The van der Waals surface area contributed by atoms with E-state index in [0.29, 0.717) is 30.0 Å². The molecule has 1 radical (unpaired) electrons. The summed E-state index contributed by atoms with van der Waals surface area (Å²) in [7, 11) is 0. The van der Waals surface area contributed by atoms with Crippen LogP contribution in [0.3, 0.4) is 0 Å². The molecule has 0 aliphatic carbocycles. The third-order valence-electron chi connectivity index (χ3n) is 4.52. The van der Waals surface area contributed by atoms with Gasteiger partial charge < -0.3 is 14.4 Å². The summed E-state index contributed by atoms with van der Waals surface area (Å²) in [4.78, 5) is 27.0. The molecule has 1 aliphatic heterocycles. The third-order valence-corrected chi connectivity index (χ3v) is 4.52. The van der Waals surface area contributed by atoms with Crippen LogP contribution >= 0.6 is 0 Å². The van der Waals surface area contributed by atoms with Crippen molar-refractivity contribution in [3.8, 4) is 11.8 Å². The SMILES string of the molecule is C[C@H](OC(=O)[C@H](Oc1[c-]cccc1)c1cccc(C#N)c1)C(=O)N1CCCC1.[Y]. The molecule has 0 aromatic heterocycles. The first-order chi connectivity index (χ1) is 13.6. The van der Waals surface area contributed by atoms with Crippen LogP contribution in [0.15, 0.2) is 48.5 Å². The van der Waals surface area contributed by atoms with Crippen molar-refractivity contribution in [2.45, 2.75) is 32.0 Å². The molecule has 2 aromatic carbocycles. The predicted octanol–water partition coefficient (Wildman–Crippen LogP) is 3.03. The molecule has 147 valence electrons. The van der Waals surface area contributed by atoms with Crippen LogP contribution in [0.4, 0.5) is 0 Å². The number of nitrogens with zero attached hydrogens (tertiary/aromatic N) is 2. The fourth-order valence-corrected chi connectivity index (χ4v) is 3.08. The van der Waals surface area contributed by atoms with Crippen molar-refractivity contribution >= 4 is 11.9 Å². The van der Waals surface area contributed by atoms with Crippen molar-refractivity contribution in [3.05, 3.63) is 65.7 Å². The largest absolute Gasteiger partial charge is 0.500 e. The monoisotopic (exact) mass is 466 g/mol. The van der Waals surface area contributed by atoms with Gasteiger partial charge >= 0.3 is 5.97 Å². The summed E-state index contributed by atoms with van der Waals surface area (Å²) in [6, 6.07) is 18.4. The number of hydrogen-bond acceptors (Lipinski definition) is 5. The summed E-state index contributed by atoms with van der Waals surface area (Å²) in [5, 5.41) is 9.15. The smallest absolute Gasteiger partial charge is 0.352 e. The van der Waals surface area contributed by atoms with E-state index in [1.54, 1.807) is 60.4 Å². The minimum atomic E-state index is -1.11. The van der Waals surface area contributed by atoms with E-state index in [9.17, 15) is 9.59 Å². The van der Waals surface area contributed by atoms with E-state index in [1.807, 2.05) is 6.07 Å². The molecule has 3 rings (SSSR count). The number of hydrogen-bond donors (Lipinski definition) is 0. The molecule has 1 amide bonds. The van der Waals surface area contributed by atoms with Crippen molar-refractivity contribution in [2.75, 3.05) is 13.1 Å². The number of likely N-dealkylation sites (tertiary alicyclic amines) is 1. The van der Waals surface area contributed by atoms with Gasteiger partial charge in [0.2, 0.25) is 6.10 Å². The third kappa shape index (κ3) is 6.12. The van der Waals surface area contributed by atoms with E-state index in [4.69, 9.17) is 14.7 Å². The Kier molecular flexibility index (Phi) is 8.81. The molecular weight excluding hydrogens is 445 g/mol. The number of benzene rings is 2. The van der Waals surface area contributed by atoms with Gasteiger partial charge in [-0.2, -0.15) is 23.5 Å². The summed E-state index contributed by atoms with van der Waals surface area (Å²) in [5.74, 6) is -0.528. The molecule has 0 N–H and O–H groups in total. The van der Waals surface area contributed by atoms with Crippen molar-refractivity contribution in [1.82, 2.24) is 4.90 Å². The zero-order chi connectivity index (χ0) is 19.9. The molecule has 6 nitrogen and oxygen atoms in total. The quantitative estimate of drug-likeness (QED) is 0.483. The summed E-state index contributed by atoms with van der Waals surface area (Å²) in [6.45, 7) is 2.93. The maximum atomic E-state index is 12.9. The molecule has 0 bridgehead atoms. The molecule has 0 unspecified atom stereocenters. The second kappa shape index (κ2) is 11.1. The number of para-hydroxylation sites is 1. The Morgan fingerprint density at radius 3 is 2.59 bits per heavy atom. The first-order valence-corrected chi connectivity index (χ1v) is 9.21. The van der Waals surface area contributed by atoms with Crippen LogP contribution in [0.2, 0.25) is 0 Å². The average Bonchev–Trinajstić information content (AvgIpc) is 3.27. The van der Waals surface area contributed by atoms with Crippen LogP contribution in [0.1, 0.15) is 37.0 Å². The van der Waals surface area contributed by atoms with Gasteiger partial charge in [0.15, 0.2) is 6.10 Å². The van der Waals surface area contributed by atoms with Gasteiger partial charge in [-0.15, -0.1) is 12.1 Å². The number of ether oxygens (including phenoxy) is 2. The number of nitriles is 1. The molecule has 2 aromatic rings. The Labute approximate surface area is 195 Å². The molecule has 1 aliphatic rings. The molecule has 2 atom stereocenters. The normalized spacial score (nSPS) is 14.8. The molecule has 1 heterocycles. The topological polar surface area (TPSA) is 79.6 Å². The number of rotatable bonds is 6. The number of amides is 1. The van der Waals surface area contributed by atoms with Gasteiger partial charge in [0, 0.05) is 57.1 Å². The second-order valence-electron chi connectivity index (χ2n) is 6.57. The number of esters is 1. The van der Waals surface area contributed by atoms with E-state index in [0.717, 1.165) is 12.8 Å². The Hall–Kier alpha value is -2.23. The zero-order valence-corrected chi connectivity index (χ0v) is 19.0. The maximum Gasteiger partial charge on any atom is 0.352 e. The fraction of sp³-hybridized carbons (Fsp3) is 0.318. The Morgan fingerprint density at radius 1 is 1.17 bits per heavy atom. The number of carbonyl (C=O) groups excluding carboxylic acids is 2. The second-order valence-corrected chi connectivity index (χ2v) is 6.57. The van der Waals surface area contributed by atoms with E-state index < -0.39 is 18.2 Å². The minimum absolute atomic E-state index is 0. The van der Waals surface area contributed by atoms with Gasteiger partial charge in [-0.25, -0.2) is 4.79 Å². The molecule has 29 heavy (non-hydrogen) atoms. The Bertz CT molecular complexity index is 876. The number of carbonyl (C=O) groups is 2. The van der Waals surface area contributed by atoms with Gasteiger partial charge in [0.25, 0.3) is 5.91 Å². The molecule has 0 saturated carbocycles. The van der Waals surface area contributed by atoms with Crippen LogP contribution < -0.4 is 4.74 Å². The minimum Gasteiger partial charge on any atom is -0.500 e. The first-order valence-electron chi connectivity index (χ1n) is 9.21. The Morgan fingerprint density at radius 2 is 1.93 bits per heavy atom. The van der Waals surface area contributed by atoms with Crippen molar-refractivity contribution < 1.29 is 51.8 Å². The van der Waals surface area contributed by atoms with E-state index in [-0.39, 0.29) is 38.6 Å². The summed E-state index contributed by atoms with van der Waals surface area (Å²) < 4.78 is 11.2.